The number of hydrogen-bond donors (Lipinski definition) is 3. The molecule has 5 aromatic rings. The van der Waals surface area contributed by atoms with Crippen LogP contribution in [0.3, 0.4) is 0 Å². The second kappa shape index (κ2) is 9.08. The Kier molecular flexibility index (Phi) is 5.72. The molecule has 0 radical (unpaired) electrons. The lowest BCUT2D eigenvalue weighted by Gasteiger charge is -2.37. The second-order valence-corrected chi connectivity index (χ2v) is 10.0. The molecule has 37 heavy (non-hydrogen) atoms. The molecule has 3 N–H and O–H groups in total. The third-order valence-corrected chi connectivity index (χ3v) is 7.14. The summed E-state index contributed by atoms with van der Waals surface area (Å²) in [5.74, 6) is -0.574. The fraction of sp³-hybridized carbons (Fsp3) is 0.286. The summed E-state index contributed by atoms with van der Waals surface area (Å²) in [6, 6.07) is 14.0. The van der Waals surface area contributed by atoms with Gasteiger partial charge in [-0.25, -0.2) is 4.39 Å². The Morgan fingerprint density at radius 1 is 1.27 bits per heavy atom. The van der Waals surface area contributed by atoms with Crippen molar-refractivity contribution in [1.29, 1.82) is 0 Å². The maximum Gasteiger partial charge on any atom is 0.251 e. The summed E-state index contributed by atoms with van der Waals surface area (Å²) in [4.78, 5) is 17.5. The maximum absolute atomic E-state index is 14.1. The topological polar surface area (TPSA) is 109 Å². The van der Waals surface area contributed by atoms with Crippen LogP contribution < -0.4 is 5.32 Å². The molecular weight excluding hydrogens is 471 g/mol. The number of pyridine rings is 1. The fourth-order valence-electron chi connectivity index (χ4n) is 5.39. The summed E-state index contributed by atoms with van der Waals surface area (Å²) >= 11 is 0. The quantitative estimate of drug-likeness (QED) is 0.330. The zero-order valence-corrected chi connectivity index (χ0v) is 20.4. The minimum absolute atomic E-state index is 0.185. The number of halogens is 1. The van der Waals surface area contributed by atoms with Crippen LogP contribution in [0.4, 0.5) is 4.39 Å². The van der Waals surface area contributed by atoms with Crippen molar-refractivity contribution in [1.82, 2.24) is 30.3 Å². The summed E-state index contributed by atoms with van der Waals surface area (Å²) in [7, 11) is 0. The summed E-state index contributed by atoms with van der Waals surface area (Å²) < 4.78 is 15.7. The van der Waals surface area contributed by atoms with E-state index in [0.717, 1.165) is 40.7 Å². The maximum atomic E-state index is 14.1. The van der Waals surface area contributed by atoms with E-state index in [9.17, 15) is 14.3 Å². The van der Waals surface area contributed by atoms with Gasteiger partial charge < -0.3 is 10.4 Å². The van der Waals surface area contributed by atoms with E-state index in [0.29, 0.717) is 29.3 Å². The highest BCUT2D eigenvalue weighted by Crippen LogP contribution is 2.31. The highest BCUT2D eigenvalue weighted by atomic mass is 19.1. The lowest BCUT2D eigenvalue weighted by molar-refractivity contribution is -0.0235. The Balaban J connectivity index is 1.19. The second-order valence-electron chi connectivity index (χ2n) is 10.0. The predicted molar refractivity (Wildman–Crippen MR) is 138 cm³/mol. The lowest BCUT2D eigenvalue weighted by Crippen LogP contribution is -2.47. The van der Waals surface area contributed by atoms with E-state index in [-0.39, 0.29) is 24.3 Å². The van der Waals surface area contributed by atoms with Gasteiger partial charge in [-0.15, -0.1) is 0 Å². The van der Waals surface area contributed by atoms with Crippen LogP contribution in [0.1, 0.15) is 41.7 Å². The van der Waals surface area contributed by atoms with E-state index < -0.39 is 5.60 Å². The molecule has 1 fully saturated rings. The first-order valence-electron chi connectivity index (χ1n) is 12.4. The predicted octanol–water partition coefficient (Wildman–Crippen LogP) is 4.53. The van der Waals surface area contributed by atoms with Crippen molar-refractivity contribution in [2.75, 3.05) is 0 Å². The van der Waals surface area contributed by atoms with E-state index in [1.54, 1.807) is 35.3 Å². The van der Waals surface area contributed by atoms with E-state index in [1.807, 2.05) is 31.2 Å². The summed E-state index contributed by atoms with van der Waals surface area (Å²) in [5.41, 5.74) is 3.21. The van der Waals surface area contributed by atoms with Gasteiger partial charge in [-0.2, -0.15) is 10.2 Å². The Bertz CT molecular complexity index is 1630. The molecule has 0 saturated heterocycles. The van der Waals surface area contributed by atoms with Gasteiger partial charge in [0.2, 0.25) is 0 Å². The number of nitrogens with zero attached hydrogens (tertiary/aromatic N) is 4. The highest BCUT2D eigenvalue weighted by molar-refractivity contribution is 6.01. The Morgan fingerprint density at radius 2 is 2.16 bits per heavy atom. The molecule has 9 heteroatoms. The van der Waals surface area contributed by atoms with Crippen molar-refractivity contribution in [3.8, 4) is 11.3 Å². The number of hydrogen-bond acceptors (Lipinski definition) is 5. The van der Waals surface area contributed by atoms with Gasteiger partial charge >= 0.3 is 0 Å². The Hall–Kier alpha value is -4.11. The number of H-pyrrole nitrogens is 1. The molecule has 2 atom stereocenters. The molecule has 0 spiro atoms. The molecule has 188 valence electrons. The van der Waals surface area contributed by atoms with Gasteiger partial charge in [0.05, 0.1) is 17.7 Å². The van der Waals surface area contributed by atoms with Crippen molar-refractivity contribution in [2.45, 2.75) is 50.8 Å². The number of aryl methyl sites for hydroxylation is 1. The van der Waals surface area contributed by atoms with Gasteiger partial charge in [0.1, 0.15) is 11.2 Å². The molecule has 1 aliphatic rings. The molecule has 1 amide bonds. The average Bonchev–Trinajstić information content (AvgIpc) is 3.48. The summed E-state index contributed by atoms with van der Waals surface area (Å²) in [6.45, 7) is 2.17. The van der Waals surface area contributed by atoms with Crippen LogP contribution in [0.5, 0.6) is 0 Å². The number of aromatic amines is 1. The van der Waals surface area contributed by atoms with Crippen LogP contribution in [0.2, 0.25) is 0 Å². The zero-order chi connectivity index (χ0) is 25.6. The van der Waals surface area contributed by atoms with Crippen LogP contribution in [0.25, 0.3) is 33.1 Å². The molecule has 3 aromatic heterocycles. The van der Waals surface area contributed by atoms with Gasteiger partial charge in [0.25, 0.3) is 5.91 Å². The molecule has 0 aliphatic heterocycles. The lowest BCUT2D eigenvalue weighted by atomic mass is 9.81. The standard InChI is InChI=1S/C28H27FN6O2/c1-17-12-18(9-11-30-17)25-22-13-19(7-8-24(22)32-33-25)27(36)31-21-5-3-10-28(37,14-21)16-35-15-20-4-2-6-23(29)26(20)34-35/h2,4,6-9,11-13,15,21,37H,3,5,10,14,16H2,1H3,(H,31,36)(H,32,33)/t21-,28+/m1/s1. The molecular formula is C28H27FN6O2. The van der Waals surface area contributed by atoms with Crippen LogP contribution in [-0.2, 0) is 6.54 Å². The van der Waals surface area contributed by atoms with E-state index in [1.165, 1.54) is 6.07 Å². The van der Waals surface area contributed by atoms with Crippen molar-refractivity contribution in [3.05, 3.63) is 78.0 Å². The molecule has 1 aliphatic carbocycles. The van der Waals surface area contributed by atoms with E-state index in [2.05, 4.69) is 25.6 Å². The number of rotatable bonds is 5. The number of carbonyl (C=O) groups is 1. The zero-order valence-electron chi connectivity index (χ0n) is 20.4. The first-order valence-corrected chi connectivity index (χ1v) is 12.4. The minimum Gasteiger partial charge on any atom is -0.388 e. The van der Waals surface area contributed by atoms with Crippen molar-refractivity contribution >= 4 is 27.7 Å². The molecule has 2 aromatic carbocycles. The number of carbonyl (C=O) groups excluding carboxylic acids is 1. The largest absolute Gasteiger partial charge is 0.388 e. The van der Waals surface area contributed by atoms with Gasteiger partial charge in [0, 0.05) is 46.0 Å². The highest BCUT2D eigenvalue weighted by Gasteiger charge is 2.36. The van der Waals surface area contributed by atoms with Crippen LogP contribution in [0.15, 0.2) is 60.9 Å². The number of benzene rings is 2. The molecule has 8 nitrogen and oxygen atoms in total. The van der Waals surface area contributed by atoms with E-state index >= 15 is 0 Å². The third kappa shape index (κ3) is 4.58. The normalized spacial score (nSPS) is 19.9. The van der Waals surface area contributed by atoms with Crippen LogP contribution in [0, 0.1) is 12.7 Å². The van der Waals surface area contributed by atoms with Gasteiger partial charge in [0.15, 0.2) is 5.82 Å². The van der Waals surface area contributed by atoms with Crippen LogP contribution in [-0.4, -0.2) is 47.6 Å². The Labute approximate surface area is 212 Å². The van der Waals surface area contributed by atoms with Crippen molar-refractivity contribution in [2.24, 2.45) is 0 Å². The number of amides is 1. The smallest absolute Gasteiger partial charge is 0.251 e. The molecule has 0 unspecified atom stereocenters. The average molecular weight is 499 g/mol. The molecule has 1 saturated carbocycles. The van der Waals surface area contributed by atoms with Crippen LogP contribution >= 0.6 is 0 Å². The number of aromatic nitrogens is 5. The van der Waals surface area contributed by atoms with Crippen molar-refractivity contribution in [3.63, 3.8) is 0 Å². The summed E-state index contributed by atoms with van der Waals surface area (Å²) in [6.07, 6.45) is 6.03. The number of aliphatic hydroxyl groups is 1. The molecule has 6 rings (SSSR count). The SMILES string of the molecule is Cc1cc(-c2n[nH]c3ccc(C(=O)N[C@@H]4CCC[C@@](O)(Cn5cc6cccc(F)c6n5)C4)cc23)ccn1. The van der Waals surface area contributed by atoms with E-state index in [4.69, 9.17) is 0 Å². The van der Waals surface area contributed by atoms with Gasteiger partial charge in [-0.3, -0.25) is 19.6 Å². The first kappa shape index (κ1) is 23.3. The monoisotopic (exact) mass is 498 g/mol. The third-order valence-electron chi connectivity index (χ3n) is 7.14. The minimum atomic E-state index is -1.05. The van der Waals surface area contributed by atoms with Gasteiger partial charge in [-0.05, 0) is 69.0 Å². The Morgan fingerprint density at radius 3 is 3.00 bits per heavy atom. The van der Waals surface area contributed by atoms with Gasteiger partial charge in [-0.1, -0.05) is 12.1 Å². The molecule has 0 bridgehead atoms. The number of nitrogens with one attached hydrogen (secondary N) is 2. The number of fused-ring (bicyclic) bond motifs is 2. The van der Waals surface area contributed by atoms with Crippen molar-refractivity contribution < 1.29 is 14.3 Å². The first-order chi connectivity index (χ1) is 17.9. The summed E-state index contributed by atoms with van der Waals surface area (Å²) in [5, 5.41) is 27.8. The molecule has 3 heterocycles. The fourth-order valence-corrected chi connectivity index (χ4v) is 5.39.